The summed E-state index contributed by atoms with van der Waals surface area (Å²) in [5, 5.41) is 0. The maximum atomic E-state index is 12.0. The molecule has 0 radical (unpaired) electrons. The molecule has 2 aromatic rings. The van der Waals surface area contributed by atoms with E-state index < -0.39 is 30.5 Å². The Bertz CT molecular complexity index is 840. The molecule has 1 atom stereocenters. The van der Waals surface area contributed by atoms with Gasteiger partial charge in [0.05, 0.1) is 4.34 Å². The highest BCUT2D eigenvalue weighted by molar-refractivity contribution is 7.17. The van der Waals surface area contributed by atoms with E-state index in [9.17, 15) is 14.4 Å². The van der Waals surface area contributed by atoms with Crippen LogP contribution >= 0.6 is 22.9 Å². The van der Waals surface area contributed by atoms with Gasteiger partial charge in [0.2, 0.25) is 6.10 Å². The minimum atomic E-state index is -0.916. The molecular formula is C16H13ClN2O6S. The fourth-order valence-electron chi connectivity index (χ4n) is 2.02. The first-order chi connectivity index (χ1) is 12.5. The molecule has 0 aliphatic carbocycles. The van der Waals surface area contributed by atoms with E-state index in [0.29, 0.717) is 15.8 Å². The molecule has 0 spiro atoms. The zero-order valence-corrected chi connectivity index (χ0v) is 14.8. The maximum Gasteiger partial charge on any atom is 0.348 e. The fourth-order valence-corrected chi connectivity index (χ4v) is 2.96. The standard InChI is InChI=1S/C16H13ClN2O6S/c17-13-6-5-12(26-13)16(22)24-8-14(20)18-19-15(21)11-7-23-9-3-1-2-4-10(9)25-11/h1-6,11H,7-8H2,(H,18,20)(H,19,21)/t11-/m0/s1. The molecule has 1 aromatic carbocycles. The quantitative estimate of drug-likeness (QED) is 0.600. The summed E-state index contributed by atoms with van der Waals surface area (Å²) in [7, 11) is 0. The van der Waals surface area contributed by atoms with Crippen LogP contribution in [0.2, 0.25) is 4.34 Å². The average Bonchev–Trinajstić information content (AvgIpc) is 3.10. The lowest BCUT2D eigenvalue weighted by molar-refractivity contribution is -0.135. The van der Waals surface area contributed by atoms with E-state index in [1.54, 1.807) is 30.3 Å². The van der Waals surface area contributed by atoms with Crippen LogP contribution in [0.4, 0.5) is 0 Å². The van der Waals surface area contributed by atoms with E-state index in [1.807, 2.05) is 0 Å². The molecule has 26 heavy (non-hydrogen) atoms. The molecular weight excluding hydrogens is 384 g/mol. The molecule has 2 N–H and O–H groups in total. The number of fused-ring (bicyclic) bond motifs is 1. The van der Waals surface area contributed by atoms with Crippen LogP contribution in [0.5, 0.6) is 11.5 Å². The van der Waals surface area contributed by atoms with Gasteiger partial charge in [-0.3, -0.25) is 20.4 Å². The zero-order valence-electron chi connectivity index (χ0n) is 13.2. The Morgan fingerprint density at radius 3 is 2.65 bits per heavy atom. The molecule has 0 saturated carbocycles. The van der Waals surface area contributed by atoms with Crippen molar-refractivity contribution in [2.24, 2.45) is 0 Å². The fraction of sp³-hybridized carbons (Fsp3) is 0.188. The molecule has 1 aromatic heterocycles. The van der Waals surface area contributed by atoms with Gasteiger partial charge in [-0.15, -0.1) is 11.3 Å². The van der Waals surface area contributed by atoms with Crippen LogP contribution in [0.1, 0.15) is 9.67 Å². The molecule has 0 bridgehead atoms. The molecule has 1 aliphatic heterocycles. The average molecular weight is 397 g/mol. The second-order valence-corrected chi connectivity index (χ2v) is 6.80. The van der Waals surface area contributed by atoms with E-state index in [1.165, 1.54) is 6.07 Å². The van der Waals surface area contributed by atoms with E-state index in [2.05, 4.69) is 10.9 Å². The molecule has 1 aliphatic rings. The van der Waals surface area contributed by atoms with Crippen molar-refractivity contribution in [3.8, 4) is 11.5 Å². The number of esters is 1. The Balaban J connectivity index is 1.42. The third kappa shape index (κ3) is 4.44. The first-order valence-corrected chi connectivity index (χ1v) is 8.62. The van der Waals surface area contributed by atoms with E-state index >= 15 is 0 Å². The molecule has 3 rings (SSSR count). The Morgan fingerprint density at radius 1 is 1.15 bits per heavy atom. The minimum Gasteiger partial charge on any atom is -0.485 e. The number of carbonyl (C=O) groups excluding carboxylic acids is 3. The van der Waals surface area contributed by atoms with Crippen molar-refractivity contribution in [3.05, 3.63) is 45.6 Å². The number of ether oxygens (including phenoxy) is 3. The highest BCUT2D eigenvalue weighted by atomic mass is 35.5. The second kappa shape index (κ2) is 8.07. The first-order valence-electron chi connectivity index (χ1n) is 7.42. The first kappa shape index (κ1) is 18.0. The zero-order chi connectivity index (χ0) is 18.5. The largest absolute Gasteiger partial charge is 0.485 e. The van der Waals surface area contributed by atoms with Crippen molar-refractivity contribution in [3.63, 3.8) is 0 Å². The van der Waals surface area contributed by atoms with Crippen molar-refractivity contribution in [1.29, 1.82) is 0 Å². The molecule has 2 heterocycles. The Morgan fingerprint density at radius 2 is 1.92 bits per heavy atom. The number of benzene rings is 1. The number of carbonyl (C=O) groups is 3. The van der Waals surface area contributed by atoms with Gasteiger partial charge in [-0.2, -0.15) is 0 Å². The van der Waals surface area contributed by atoms with Crippen LogP contribution in [0.3, 0.4) is 0 Å². The second-order valence-electron chi connectivity index (χ2n) is 5.08. The Labute approximate surface area is 157 Å². The van der Waals surface area contributed by atoms with Crippen molar-refractivity contribution < 1.29 is 28.6 Å². The molecule has 2 amide bonds. The number of para-hydroxylation sites is 2. The number of nitrogens with one attached hydrogen (secondary N) is 2. The highest BCUT2D eigenvalue weighted by Gasteiger charge is 2.27. The van der Waals surface area contributed by atoms with Crippen molar-refractivity contribution in [2.75, 3.05) is 13.2 Å². The van der Waals surface area contributed by atoms with Gasteiger partial charge in [0.25, 0.3) is 11.8 Å². The van der Waals surface area contributed by atoms with Gasteiger partial charge in [-0.1, -0.05) is 23.7 Å². The molecule has 0 fully saturated rings. The molecule has 0 unspecified atom stereocenters. The lowest BCUT2D eigenvalue weighted by Crippen LogP contribution is -2.51. The van der Waals surface area contributed by atoms with Crippen LogP contribution in [-0.2, 0) is 14.3 Å². The normalized spacial score (nSPS) is 15.0. The summed E-state index contributed by atoms with van der Waals surface area (Å²) < 4.78 is 16.2. The number of thiophene rings is 1. The summed E-state index contributed by atoms with van der Waals surface area (Å²) >= 11 is 6.76. The third-order valence-corrected chi connectivity index (χ3v) is 4.45. The third-order valence-electron chi connectivity index (χ3n) is 3.23. The SMILES string of the molecule is O=C(COC(=O)c1ccc(Cl)s1)NNC(=O)[C@@H]1COc2ccccc2O1. The Hall–Kier alpha value is -2.78. The van der Waals surface area contributed by atoms with Crippen LogP contribution < -0.4 is 20.3 Å². The van der Waals surface area contributed by atoms with Gasteiger partial charge < -0.3 is 14.2 Å². The molecule has 8 nitrogen and oxygen atoms in total. The van der Waals surface area contributed by atoms with E-state index in [0.717, 1.165) is 11.3 Å². The number of hydrazine groups is 1. The van der Waals surface area contributed by atoms with Gasteiger partial charge in [0, 0.05) is 0 Å². The summed E-state index contributed by atoms with van der Waals surface area (Å²) in [6.45, 7) is -0.549. The summed E-state index contributed by atoms with van der Waals surface area (Å²) in [5.74, 6) is -0.991. The van der Waals surface area contributed by atoms with Crippen LogP contribution in [0.15, 0.2) is 36.4 Å². The number of amides is 2. The summed E-state index contributed by atoms with van der Waals surface area (Å²) in [5.41, 5.74) is 4.34. The lowest BCUT2D eigenvalue weighted by atomic mass is 10.2. The predicted molar refractivity (Wildman–Crippen MR) is 92.2 cm³/mol. The molecule has 0 saturated heterocycles. The summed E-state index contributed by atoms with van der Waals surface area (Å²) in [6, 6.07) is 9.97. The minimum absolute atomic E-state index is 0.00679. The maximum absolute atomic E-state index is 12.0. The molecule has 10 heteroatoms. The Kier molecular flexibility index (Phi) is 5.59. The van der Waals surface area contributed by atoms with Gasteiger partial charge >= 0.3 is 5.97 Å². The number of hydrogen-bond donors (Lipinski definition) is 2. The number of halogens is 1. The van der Waals surface area contributed by atoms with Crippen LogP contribution in [-0.4, -0.2) is 37.1 Å². The van der Waals surface area contributed by atoms with Gasteiger partial charge in [0.1, 0.15) is 11.5 Å². The van der Waals surface area contributed by atoms with E-state index in [-0.39, 0.29) is 11.5 Å². The highest BCUT2D eigenvalue weighted by Crippen LogP contribution is 2.30. The lowest BCUT2D eigenvalue weighted by Gasteiger charge is -2.25. The van der Waals surface area contributed by atoms with Crippen molar-refractivity contribution in [1.82, 2.24) is 10.9 Å². The van der Waals surface area contributed by atoms with E-state index in [4.69, 9.17) is 25.8 Å². The number of rotatable bonds is 4. The van der Waals surface area contributed by atoms with Crippen molar-refractivity contribution >= 4 is 40.7 Å². The van der Waals surface area contributed by atoms with Crippen LogP contribution in [0, 0.1) is 0 Å². The van der Waals surface area contributed by atoms with Gasteiger partial charge in [-0.05, 0) is 24.3 Å². The summed E-state index contributed by atoms with van der Waals surface area (Å²) in [6.07, 6.45) is -0.916. The smallest absolute Gasteiger partial charge is 0.348 e. The predicted octanol–water partition coefficient (Wildman–Crippen LogP) is 1.55. The topological polar surface area (TPSA) is 103 Å². The van der Waals surface area contributed by atoms with Gasteiger partial charge in [-0.25, -0.2) is 4.79 Å². The van der Waals surface area contributed by atoms with Crippen LogP contribution in [0.25, 0.3) is 0 Å². The molecule has 136 valence electrons. The summed E-state index contributed by atoms with van der Waals surface area (Å²) in [4.78, 5) is 35.7. The number of hydrogen-bond acceptors (Lipinski definition) is 7. The monoisotopic (exact) mass is 396 g/mol. The van der Waals surface area contributed by atoms with Crippen molar-refractivity contribution in [2.45, 2.75) is 6.10 Å². The van der Waals surface area contributed by atoms with Gasteiger partial charge in [0.15, 0.2) is 18.1 Å².